The van der Waals surface area contributed by atoms with E-state index in [1.165, 1.54) is 26.0 Å². The van der Waals surface area contributed by atoms with Crippen molar-refractivity contribution in [1.29, 1.82) is 0 Å². The minimum absolute atomic E-state index is 0.0600. The zero-order valence-corrected chi connectivity index (χ0v) is 13.7. The molecule has 0 spiro atoms. The van der Waals surface area contributed by atoms with Gasteiger partial charge in [0.2, 0.25) is 5.75 Å². The quantitative estimate of drug-likeness (QED) is 0.648. The molecular formula is C15H18N2O4S. The molecule has 2 N–H and O–H groups in total. The SMILES string of the molecule is COc1cc(Cc2c(C)nc(SC)[nH]c2=O)cc(OC)c1O. The third kappa shape index (κ3) is 3.19. The number of benzene rings is 1. The number of hydrogen-bond donors (Lipinski definition) is 2. The molecule has 6 nitrogen and oxygen atoms in total. The monoisotopic (exact) mass is 322 g/mol. The van der Waals surface area contributed by atoms with E-state index in [0.29, 0.717) is 34.3 Å². The molecule has 2 aromatic rings. The van der Waals surface area contributed by atoms with Gasteiger partial charge in [-0.05, 0) is 30.9 Å². The van der Waals surface area contributed by atoms with Crippen LogP contribution in [-0.4, -0.2) is 35.5 Å². The molecule has 118 valence electrons. The van der Waals surface area contributed by atoms with E-state index < -0.39 is 0 Å². The van der Waals surface area contributed by atoms with E-state index in [-0.39, 0.29) is 11.3 Å². The summed E-state index contributed by atoms with van der Waals surface area (Å²) in [6.07, 6.45) is 2.23. The van der Waals surface area contributed by atoms with Gasteiger partial charge in [0.25, 0.3) is 5.56 Å². The number of phenols is 1. The number of ether oxygens (including phenoxy) is 2. The Kier molecular flexibility index (Phi) is 4.97. The Labute approximate surface area is 132 Å². The zero-order chi connectivity index (χ0) is 16.3. The van der Waals surface area contributed by atoms with Crippen LogP contribution in [-0.2, 0) is 6.42 Å². The smallest absolute Gasteiger partial charge is 0.255 e. The molecular weight excluding hydrogens is 304 g/mol. The number of phenolic OH excluding ortho intramolecular Hbond substituents is 1. The average molecular weight is 322 g/mol. The first-order chi connectivity index (χ1) is 10.5. The van der Waals surface area contributed by atoms with Crippen molar-refractivity contribution in [1.82, 2.24) is 9.97 Å². The summed E-state index contributed by atoms with van der Waals surface area (Å²) < 4.78 is 10.3. The molecule has 0 radical (unpaired) electrons. The fourth-order valence-corrected chi connectivity index (χ4v) is 2.57. The lowest BCUT2D eigenvalue weighted by atomic mass is 10.0. The van der Waals surface area contributed by atoms with E-state index in [1.807, 2.05) is 6.26 Å². The third-order valence-corrected chi connectivity index (χ3v) is 3.89. The Morgan fingerprint density at radius 2 is 1.86 bits per heavy atom. The second-order valence-corrected chi connectivity index (χ2v) is 5.46. The Morgan fingerprint density at radius 3 is 2.32 bits per heavy atom. The number of nitrogens with zero attached hydrogens (tertiary/aromatic N) is 1. The number of hydrogen-bond acceptors (Lipinski definition) is 6. The van der Waals surface area contributed by atoms with Crippen molar-refractivity contribution in [3.05, 3.63) is 39.3 Å². The molecule has 0 atom stereocenters. The Bertz CT molecular complexity index is 718. The van der Waals surface area contributed by atoms with Crippen LogP contribution in [0.3, 0.4) is 0 Å². The van der Waals surface area contributed by atoms with Crippen molar-refractivity contribution in [2.45, 2.75) is 18.5 Å². The maximum absolute atomic E-state index is 12.2. The summed E-state index contributed by atoms with van der Waals surface area (Å²) in [5.74, 6) is 0.546. The van der Waals surface area contributed by atoms with Gasteiger partial charge in [0.05, 0.1) is 14.2 Å². The van der Waals surface area contributed by atoms with Gasteiger partial charge in [-0.3, -0.25) is 4.79 Å². The summed E-state index contributed by atoms with van der Waals surface area (Å²) in [6, 6.07) is 3.36. The number of aryl methyl sites for hydroxylation is 1. The number of aromatic hydroxyl groups is 1. The van der Waals surface area contributed by atoms with Crippen LogP contribution < -0.4 is 15.0 Å². The number of thioether (sulfide) groups is 1. The molecule has 0 saturated carbocycles. The highest BCUT2D eigenvalue weighted by atomic mass is 32.2. The molecule has 1 aromatic carbocycles. The maximum atomic E-state index is 12.2. The molecule has 0 amide bonds. The molecule has 0 bridgehead atoms. The van der Waals surface area contributed by atoms with Crippen LogP contribution in [0.4, 0.5) is 0 Å². The summed E-state index contributed by atoms with van der Waals surface area (Å²) in [6.45, 7) is 1.80. The lowest BCUT2D eigenvalue weighted by molar-refractivity contribution is 0.339. The van der Waals surface area contributed by atoms with E-state index in [4.69, 9.17) is 9.47 Å². The Hall–Kier alpha value is -2.15. The molecule has 2 rings (SSSR count). The summed E-state index contributed by atoms with van der Waals surface area (Å²) in [7, 11) is 2.93. The first-order valence-corrected chi connectivity index (χ1v) is 7.80. The van der Waals surface area contributed by atoms with E-state index in [1.54, 1.807) is 19.1 Å². The minimum atomic E-state index is -0.164. The lowest BCUT2D eigenvalue weighted by Gasteiger charge is -2.12. The van der Waals surface area contributed by atoms with Crippen molar-refractivity contribution >= 4 is 11.8 Å². The molecule has 0 unspecified atom stereocenters. The summed E-state index contributed by atoms with van der Waals surface area (Å²) >= 11 is 1.39. The molecule has 1 heterocycles. The van der Waals surface area contributed by atoms with Crippen LogP contribution in [0.1, 0.15) is 16.8 Å². The Balaban J connectivity index is 2.45. The van der Waals surface area contributed by atoms with Crippen LogP contribution >= 0.6 is 11.8 Å². The van der Waals surface area contributed by atoms with Gasteiger partial charge in [-0.15, -0.1) is 0 Å². The molecule has 22 heavy (non-hydrogen) atoms. The molecule has 1 aromatic heterocycles. The second kappa shape index (κ2) is 6.74. The molecule has 0 aliphatic heterocycles. The summed E-state index contributed by atoms with van der Waals surface area (Å²) in [5.41, 5.74) is 1.88. The van der Waals surface area contributed by atoms with E-state index in [9.17, 15) is 9.90 Å². The van der Waals surface area contributed by atoms with Crippen molar-refractivity contribution in [2.75, 3.05) is 20.5 Å². The van der Waals surface area contributed by atoms with Gasteiger partial charge in [0, 0.05) is 17.7 Å². The fraction of sp³-hybridized carbons (Fsp3) is 0.333. The number of aromatic nitrogens is 2. The number of rotatable bonds is 5. The molecule has 0 saturated heterocycles. The Morgan fingerprint density at radius 1 is 1.27 bits per heavy atom. The van der Waals surface area contributed by atoms with Crippen molar-refractivity contribution in [3.63, 3.8) is 0 Å². The topological polar surface area (TPSA) is 84.4 Å². The zero-order valence-electron chi connectivity index (χ0n) is 12.9. The highest BCUT2D eigenvalue weighted by Crippen LogP contribution is 2.37. The highest BCUT2D eigenvalue weighted by Gasteiger charge is 2.14. The maximum Gasteiger partial charge on any atom is 0.255 e. The predicted molar refractivity (Wildman–Crippen MR) is 85.4 cm³/mol. The predicted octanol–water partition coefficient (Wildman–Crippen LogP) is 2.11. The van der Waals surface area contributed by atoms with Crippen LogP contribution in [0.2, 0.25) is 0 Å². The van der Waals surface area contributed by atoms with Crippen LogP contribution in [0.25, 0.3) is 0 Å². The third-order valence-electron chi connectivity index (χ3n) is 3.31. The van der Waals surface area contributed by atoms with Gasteiger partial charge in [-0.2, -0.15) is 0 Å². The van der Waals surface area contributed by atoms with Crippen LogP contribution in [0, 0.1) is 6.92 Å². The first-order valence-electron chi connectivity index (χ1n) is 6.57. The van der Waals surface area contributed by atoms with Crippen molar-refractivity contribution in [2.24, 2.45) is 0 Å². The van der Waals surface area contributed by atoms with Gasteiger partial charge in [-0.25, -0.2) is 4.98 Å². The van der Waals surface area contributed by atoms with Crippen molar-refractivity contribution < 1.29 is 14.6 Å². The number of H-pyrrole nitrogens is 1. The van der Waals surface area contributed by atoms with Crippen LogP contribution in [0.5, 0.6) is 17.2 Å². The summed E-state index contributed by atoms with van der Waals surface area (Å²) in [5, 5.41) is 10.5. The average Bonchev–Trinajstić information content (AvgIpc) is 2.51. The van der Waals surface area contributed by atoms with Crippen molar-refractivity contribution in [3.8, 4) is 17.2 Å². The standard InChI is InChI=1S/C15H18N2O4S/c1-8-10(14(19)17-15(16-8)22-4)5-9-6-11(20-2)13(18)12(7-9)21-3/h6-7,18H,5H2,1-4H3,(H,16,17,19). The first kappa shape index (κ1) is 16.2. The largest absolute Gasteiger partial charge is 0.502 e. The van der Waals surface area contributed by atoms with Gasteiger partial charge in [0.1, 0.15) is 0 Å². The van der Waals surface area contributed by atoms with E-state index in [0.717, 1.165) is 5.56 Å². The summed E-state index contributed by atoms with van der Waals surface area (Å²) in [4.78, 5) is 19.3. The number of methoxy groups -OCH3 is 2. The van der Waals surface area contributed by atoms with E-state index in [2.05, 4.69) is 9.97 Å². The number of aromatic amines is 1. The highest BCUT2D eigenvalue weighted by molar-refractivity contribution is 7.98. The van der Waals surface area contributed by atoms with Crippen LogP contribution in [0.15, 0.2) is 22.1 Å². The molecule has 0 aliphatic carbocycles. The van der Waals surface area contributed by atoms with Gasteiger partial charge < -0.3 is 19.6 Å². The van der Waals surface area contributed by atoms with Gasteiger partial charge in [-0.1, -0.05) is 11.8 Å². The van der Waals surface area contributed by atoms with E-state index >= 15 is 0 Å². The molecule has 0 fully saturated rings. The number of nitrogens with one attached hydrogen (secondary N) is 1. The second-order valence-electron chi connectivity index (χ2n) is 4.66. The fourth-order valence-electron chi connectivity index (χ4n) is 2.14. The molecule has 7 heteroatoms. The van der Waals surface area contributed by atoms with Gasteiger partial charge in [0.15, 0.2) is 16.7 Å². The molecule has 0 aliphatic rings. The minimum Gasteiger partial charge on any atom is -0.502 e. The normalized spacial score (nSPS) is 10.5. The lowest BCUT2D eigenvalue weighted by Crippen LogP contribution is -2.17. The van der Waals surface area contributed by atoms with Gasteiger partial charge >= 0.3 is 0 Å².